The number of carbonyl (C=O) groups is 1. The van der Waals surface area contributed by atoms with Crippen molar-refractivity contribution in [2.75, 3.05) is 18.0 Å². The van der Waals surface area contributed by atoms with Gasteiger partial charge in [0.05, 0.1) is 12.7 Å². The van der Waals surface area contributed by atoms with E-state index >= 15 is 0 Å². The van der Waals surface area contributed by atoms with Gasteiger partial charge >= 0.3 is 0 Å². The lowest BCUT2D eigenvalue weighted by Gasteiger charge is -2.33. The molecule has 3 aromatic rings. The molecular weight excluding hydrogens is 426 g/mol. The number of alkyl halides is 2. The van der Waals surface area contributed by atoms with E-state index < -0.39 is 6.43 Å². The number of anilines is 2. The quantitative estimate of drug-likeness (QED) is 0.531. The van der Waals surface area contributed by atoms with Crippen molar-refractivity contribution in [2.24, 2.45) is 7.05 Å². The Morgan fingerprint density at radius 2 is 2.06 bits per heavy atom. The second-order valence-electron chi connectivity index (χ2n) is 8.78. The highest BCUT2D eigenvalue weighted by molar-refractivity contribution is 5.77. The van der Waals surface area contributed by atoms with Gasteiger partial charge in [-0.2, -0.15) is 5.10 Å². The molecule has 0 saturated heterocycles. The molecule has 6 nitrogen and oxygen atoms in total. The zero-order valence-corrected chi connectivity index (χ0v) is 18.7. The van der Waals surface area contributed by atoms with Crippen molar-refractivity contribution < 1.29 is 18.3 Å². The maximum atomic E-state index is 14.1. The lowest BCUT2D eigenvalue weighted by molar-refractivity contribution is -0.119. The normalized spacial score (nSPS) is 17.9. The molecular formula is C25H26F2N4O2. The van der Waals surface area contributed by atoms with Crippen molar-refractivity contribution in [3.63, 3.8) is 0 Å². The first-order valence-electron chi connectivity index (χ1n) is 11.1. The molecule has 1 unspecified atom stereocenters. The predicted octanol–water partition coefficient (Wildman–Crippen LogP) is 4.85. The first kappa shape index (κ1) is 21.4. The van der Waals surface area contributed by atoms with Gasteiger partial charge in [-0.25, -0.2) is 8.78 Å². The van der Waals surface area contributed by atoms with Crippen LogP contribution in [0.1, 0.15) is 36.5 Å². The Morgan fingerprint density at radius 1 is 1.21 bits per heavy atom. The molecule has 0 fully saturated rings. The van der Waals surface area contributed by atoms with E-state index in [0.717, 1.165) is 54.0 Å². The second kappa shape index (κ2) is 8.50. The topological polar surface area (TPSA) is 50.6 Å². The van der Waals surface area contributed by atoms with Crippen molar-refractivity contribution in [3.8, 4) is 16.9 Å². The van der Waals surface area contributed by atoms with Crippen LogP contribution in [0.3, 0.4) is 0 Å². The Morgan fingerprint density at radius 3 is 2.79 bits per heavy atom. The predicted molar refractivity (Wildman–Crippen MR) is 122 cm³/mol. The lowest BCUT2D eigenvalue weighted by atomic mass is 9.92. The van der Waals surface area contributed by atoms with Gasteiger partial charge in [0.25, 0.3) is 6.43 Å². The van der Waals surface area contributed by atoms with Crippen LogP contribution in [-0.2, 0) is 24.8 Å². The largest absolute Gasteiger partial charge is 0.489 e. The van der Waals surface area contributed by atoms with Crippen molar-refractivity contribution in [1.29, 1.82) is 0 Å². The molecule has 1 aromatic heterocycles. The lowest BCUT2D eigenvalue weighted by Crippen LogP contribution is -2.29. The molecule has 2 aliphatic rings. The van der Waals surface area contributed by atoms with E-state index in [2.05, 4.69) is 10.00 Å². The Hall–Kier alpha value is -3.42. The minimum atomic E-state index is -2.60. The van der Waals surface area contributed by atoms with Gasteiger partial charge in [-0.3, -0.25) is 9.48 Å². The van der Waals surface area contributed by atoms with Crippen molar-refractivity contribution in [3.05, 3.63) is 59.4 Å². The highest BCUT2D eigenvalue weighted by atomic mass is 19.3. The summed E-state index contributed by atoms with van der Waals surface area (Å²) in [5.74, 6) is 0.757. The number of aryl methyl sites for hydroxylation is 2. The van der Waals surface area contributed by atoms with Gasteiger partial charge in [0.15, 0.2) is 0 Å². The van der Waals surface area contributed by atoms with E-state index in [4.69, 9.17) is 4.74 Å². The minimum Gasteiger partial charge on any atom is -0.489 e. The Labute approximate surface area is 191 Å². The average molecular weight is 453 g/mol. The number of halogens is 2. The van der Waals surface area contributed by atoms with Crippen LogP contribution in [0, 0.1) is 0 Å². The second-order valence-corrected chi connectivity index (χ2v) is 8.78. The fourth-order valence-corrected chi connectivity index (χ4v) is 4.83. The SMILES string of the molecule is CC1CN(C=O)Cc2cc(N3CCCc4cc(-c5cnn(C)c5)c(C(F)F)cc43)ccc2O1. The molecule has 0 N–H and O–H groups in total. The third-order valence-electron chi connectivity index (χ3n) is 6.32. The van der Waals surface area contributed by atoms with Gasteiger partial charge in [-0.05, 0) is 61.2 Å². The number of nitrogens with zero attached hydrogens (tertiary/aromatic N) is 4. The molecule has 0 spiro atoms. The summed E-state index contributed by atoms with van der Waals surface area (Å²) in [5, 5.41) is 4.16. The van der Waals surface area contributed by atoms with Crippen LogP contribution in [0.5, 0.6) is 5.75 Å². The van der Waals surface area contributed by atoms with Crippen molar-refractivity contribution in [1.82, 2.24) is 14.7 Å². The van der Waals surface area contributed by atoms with E-state index in [1.165, 1.54) is 0 Å². The Bertz CT molecular complexity index is 1190. The molecule has 1 atom stereocenters. The molecule has 2 aromatic carbocycles. The monoisotopic (exact) mass is 452 g/mol. The molecule has 0 aliphatic carbocycles. The number of rotatable bonds is 4. The Balaban J connectivity index is 1.57. The minimum absolute atomic E-state index is 0.00713. The third-order valence-corrected chi connectivity index (χ3v) is 6.32. The van der Waals surface area contributed by atoms with E-state index in [9.17, 15) is 13.6 Å². The highest BCUT2D eigenvalue weighted by Gasteiger charge is 2.26. The summed E-state index contributed by atoms with van der Waals surface area (Å²) in [6.07, 6.45) is 3.27. The first-order chi connectivity index (χ1) is 15.9. The van der Waals surface area contributed by atoms with Gasteiger partial charge in [-0.1, -0.05) is 0 Å². The summed E-state index contributed by atoms with van der Waals surface area (Å²) < 4.78 is 35.8. The number of hydrogen-bond donors (Lipinski definition) is 0. The molecule has 1 amide bonds. The van der Waals surface area contributed by atoms with Gasteiger partial charge in [0, 0.05) is 54.4 Å². The van der Waals surface area contributed by atoms with Crippen molar-refractivity contribution in [2.45, 2.75) is 38.8 Å². The maximum absolute atomic E-state index is 14.1. The summed E-state index contributed by atoms with van der Waals surface area (Å²) >= 11 is 0. The fourth-order valence-electron chi connectivity index (χ4n) is 4.83. The molecule has 0 saturated carbocycles. The van der Waals surface area contributed by atoms with Crippen LogP contribution in [-0.4, -0.2) is 40.3 Å². The van der Waals surface area contributed by atoms with Gasteiger partial charge < -0.3 is 14.5 Å². The van der Waals surface area contributed by atoms with Gasteiger partial charge in [-0.15, -0.1) is 0 Å². The van der Waals surface area contributed by atoms with Crippen LogP contribution in [0.15, 0.2) is 42.7 Å². The highest BCUT2D eigenvalue weighted by Crippen LogP contribution is 2.42. The first-order valence-corrected chi connectivity index (χ1v) is 11.1. The number of carbonyl (C=O) groups excluding carboxylic acids is 1. The average Bonchev–Trinajstić information content (AvgIpc) is 3.16. The molecule has 2 aliphatic heterocycles. The summed E-state index contributed by atoms with van der Waals surface area (Å²) in [4.78, 5) is 15.2. The van der Waals surface area contributed by atoms with Crippen LogP contribution < -0.4 is 9.64 Å². The molecule has 0 radical (unpaired) electrons. The maximum Gasteiger partial charge on any atom is 0.264 e. The molecule has 172 valence electrons. The summed E-state index contributed by atoms with van der Waals surface area (Å²) in [7, 11) is 1.78. The van der Waals surface area contributed by atoms with Gasteiger partial charge in [0.1, 0.15) is 11.9 Å². The van der Waals surface area contributed by atoms with Crippen LogP contribution >= 0.6 is 0 Å². The van der Waals surface area contributed by atoms with Crippen LogP contribution in [0.4, 0.5) is 20.2 Å². The molecule has 3 heterocycles. The molecule has 33 heavy (non-hydrogen) atoms. The van der Waals surface area contributed by atoms with E-state index in [0.29, 0.717) is 24.2 Å². The number of ether oxygens (including phenoxy) is 1. The molecule has 8 heteroatoms. The summed E-state index contributed by atoms with van der Waals surface area (Å²) in [5.41, 5.74) is 4.90. The zero-order valence-electron chi connectivity index (χ0n) is 18.7. The third kappa shape index (κ3) is 4.05. The standard InChI is InChI=1S/C25H26F2N4O2/c1-16-12-30(15-32)14-18-8-20(5-6-24(18)33-16)31-7-3-4-17-9-21(19-11-28-29(2)13-19)22(25(26)27)10-23(17)31/h5-6,8-11,13,15-16,25H,3-4,7,12,14H2,1-2H3. The van der Waals surface area contributed by atoms with E-state index in [-0.39, 0.29) is 11.7 Å². The number of aromatic nitrogens is 2. The van der Waals surface area contributed by atoms with Crippen LogP contribution in [0.25, 0.3) is 11.1 Å². The number of fused-ring (bicyclic) bond motifs is 2. The number of hydrogen-bond acceptors (Lipinski definition) is 4. The van der Waals surface area contributed by atoms with Crippen molar-refractivity contribution >= 4 is 17.8 Å². The Kier molecular flexibility index (Phi) is 5.52. The molecule has 5 rings (SSSR count). The number of benzene rings is 2. The summed E-state index contributed by atoms with van der Waals surface area (Å²) in [6.45, 7) is 3.65. The number of amides is 1. The van der Waals surface area contributed by atoms with E-state index in [1.54, 1.807) is 35.1 Å². The smallest absolute Gasteiger partial charge is 0.264 e. The van der Waals surface area contributed by atoms with Gasteiger partial charge in [0.2, 0.25) is 6.41 Å². The zero-order chi connectivity index (χ0) is 23.1. The van der Waals surface area contributed by atoms with E-state index in [1.807, 2.05) is 31.2 Å². The molecule has 0 bridgehead atoms. The fraction of sp³-hybridized carbons (Fsp3) is 0.360. The van der Waals surface area contributed by atoms with Crippen LogP contribution in [0.2, 0.25) is 0 Å². The summed E-state index contributed by atoms with van der Waals surface area (Å²) in [6, 6.07) is 9.41.